The van der Waals surface area contributed by atoms with Crippen LogP contribution in [-0.4, -0.2) is 30.3 Å². The summed E-state index contributed by atoms with van der Waals surface area (Å²) < 4.78 is 39.1. The van der Waals surface area contributed by atoms with Crippen LogP contribution in [0.2, 0.25) is 0 Å². The molecule has 2 amide bonds. The Morgan fingerprint density at radius 3 is 2.31 bits per heavy atom. The van der Waals surface area contributed by atoms with Gasteiger partial charge in [0, 0.05) is 19.2 Å². The smallest absolute Gasteiger partial charge is 0.343 e. The maximum atomic E-state index is 13.0. The molecule has 2 rings (SSSR count). The highest BCUT2D eigenvalue weighted by atomic mass is 19.4. The Bertz CT molecular complexity index is 803. The van der Waals surface area contributed by atoms with Gasteiger partial charge < -0.3 is 10.2 Å². The quantitative estimate of drug-likeness (QED) is 0.884. The van der Waals surface area contributed by atoms with Crippen LogP contribution in [0.25, 0.3) is 0 Å². The van der Waals surface area contributed by atoms with Gasteiger partial charge in [0.1, 0.15) is 0 Å². The summed E-state index contributed by atoms with van der Waals surface area (Å²) in [6, 6.07) is 12.0. The number of aryl methyl sites for hydroxylation is 1. The average Bonchev–Trinajstić information content (AvgIpc) is 2.59. The lowest BCUT2D eigenvalue weighted by molar-refractivity contribution is -0.139. The fraction of sp³-hybridized carbons (Fsp3) is 0.263. The van der Waals surface area contributed by atoms with Crippen LogP contribution in [0.3, 0.4) is 0 Å². The van der Waals surface area contributed by atoms with Gasteiger partial charge in [-0.2, -0.15) is 13.2 Å². The largest absolute Gasteiger partial charge is 0.416 e. The molecule has 0 spiro atoms. The highest BCUT2D eigenvalue weighted by Gasteiger charge is 2.33. The van der Waals surface area contributed by atoms with E-state index in [0.717, 1.165) is 16.5 Å². The molecule has 7 heteroatoms. The van der Waals surface area contributed by atoms with Gasteiger partial charge in [0.05, 0.1) is 12.1 Å². The number of halogens is 3. The zero-order valence-corrected chi connectivity index (χ0v) is 14.4. The summed E-state index contributed by atoms with van der Waals surface area (Å²) in [5, 5.41) is 2.50. The summed E-state index contributed by atoms with van der Waals surface area (Å²) in [5.74, 6) is -0.885. The lowest BCUT2D eigenvalue weighted by atomic mass is 10.1. The molecule has 0 saturated heterocycles. The Morgan fingerprint density at radius 1 is 1.04 bits per heavy atom. The SMILES string of the molecule is Cc1ccccc1C(=O)NCC(=O)N(C)Cc1ccccc1C(F)(F)F. The molecule has 0 aliphatic carbocycles. The second-order valence-corrected chi connectivity index (χ2v) is 5.90. The van der Waals surface area contributed by atoms with Gasteiger partial charge in [-0.05, 0) is 30.2 Å². The minimum Gasteiger partial charge on any atom is -0.343 e. The van der Waals surface area contributed by atoms with Gasteiger partial charge in [0.2, 0.25) is 5.91 Å². The number of amides is 2. The molecule has 26 heavy (non-hydrogen) atoms. The molecule has 0 aliphatic heterocycles. The standard InChI is InChI=1S/C19H19F3N2O2/c1-13-7-3-5-9-15(13)18(26)23-11-17(25)24(2)12-14-8-4-6-10-16(14)19(20,21)22/h3-10H,11-12H2,1-2H3,(H,23,26). The van der Waals surface area contributed by atoms with E-state index >= 15 is 0 Å². The van der Waals surface area contributed by atoms with Crippen LogP contribution in [0.5, 0.6) is 0 Å². The van der Waals surface area contributed by atoms with Crippen molar-refractivity contribution in [2.75, 3.05) is 13.6 Å². The number of hydrogen-bond donors (Lipinski definition) is 1. The van der Waals surface area contributed by atoms with Crippen molar-refractivity contribution in [3.63, 3.8) is 0 Å². The highest BCUT2D eigenvalue weighted by molar-refractivity contribution is 5.97. The molecular weight excluding hydrogens is 345 g/mol. The normalized spacial score (nSPS) is 11.1. The third kappa shape index (κ3) is 4.84. The topological polar surface area (TPSA) is 49.4 Å². The molecule has 0 saturated carbocycles. The zero-order chi connectivity index (χ0) is 19.3. The highest BCUT2D eigenvalue weighted by Crippen LogP contribution is 2.32. The molecule has 2 aromatic rings. The van der Waals surface area contributed by atoms with E-state index < -0.39 is 23.6 Å². The predicted molar refractivity (Wildman–Crippen MR) is 91.4 cm³/mol. The van der Waals surface area contributed by atoms with Crippen molar-refractivity contribution in [1.29, 1.82) is 0 Å². The van der Waals surface area contributed by atoms with E-state index in [9.17, 15) is 22.8 Å². The summed E-state index contributed by atoms with van der Waals surface area (Å²) in [6.45, 7) is 1.28. The average molecular weight is 364 g/mol. The number of hydrogen-bond acceptors (Lipinski definition) is 2. The Morgan fingerprint density at radius 2 is 1.65 bits per heavy atom. The maximum absolute atomic E-state index is 13.0. The van der Waals surface area contributed by atoms with Gasteiger partial charge in [-0.25, -0.2) is 0 Å². The fourth-order valence-electron chi connectivity index (χ4n) is 2.49. The predicted octanol–water partition coefficient (Wildman–Crippen LogP) is 3.40. The van der Waals surface area contributed by atoms with Gasteiger partial charge in [-0.15, -0.1) is 0 Å². The molecule has 0 heterocycles. The van der Waals surface area contributed by atoms with Crippen molar-refractivity contribution in [1.82, 2.24) is 10.2 Å². The molecule has 0 fully saturated rings. The third-order valence-electron chi connectivity index (χ3n) is 3.95. The van der Waals surface area contributed by atoms with E-state index in [4.69, 9.17) is 0 Å². The molecular formula is C19H19F3N2O2. The molecule has 0 aliphatic rings. The molecule has 0 bridgehead atoms. The molecule has 4 nitrogen and oxygen atoms in total. The molecule has 2 aromatic carbocycles. The number of nitrogens with zero attached hydrogens (tertiary/aromatic N) is 1. The van der Waals surface area contributed by atoms with Crippen LogP contribution in [-0.2, 0) is 17.5 Å². The van der Waals surface area contributed by atoms with Gasteiger partial charge in [0.25, 0.3) is 5.91 Å². The lowest BCUT2D eigenvalue weighted by Crippen LogP contribution is -2.38. The van der Waals surface area contributed by atoms with Crippen molar-refractivity contribution < 1.29 is 22.8 Å². The van der Waals surface area contributed by atoms with Gasteiger partial charge in [-0.1, -0.05) is 36.4 Å². The summed E-state index contributed by atoms with van der Waals surface area (Å²) in [6.07, 6.45) is -4.49. The first-order valence-electron chi connectivity index (χ1n) is 7.93. The van der Waals surface area contributed by atoms with Crippen LogP contribution in [0.4, 0.5) is 13.2 Å². The minimum atomic E-state index is -4.49. The summed E-state index contributed by atoms with van der Waals surface area (Å²) in [5.41, 5.74) is 0.444. The second-order valence-electron chi connectivity index (χ2n) is 5.90. The number of rotatable bonds is 5. The molecule has 0 atom stereocenters. The van der Waals surface area contributed by atoms with Crippen molar-refractivity contribution >= 4 is 11.8 Å². The van der Waals surface area contributed by atoms with Crippen LogP contribution < -0.4 is 5.32 Å². The maximum Gasteiger partial charge on any atom is 0.416 e. The van der Waals surface area contributed by atoms with Gasteiger partial charge in [0.15, 0.2) is 0 Å². The summed E-state index contributed by atoms with van der Waals surface area (Å²) >= 11 is 0. The Hall–Kier alpha value is -2.83. The molecule has 0 radical (unpaired) electrons. The molecule has 138 valence electrons. The van der Waals surface area contributed by atoms with Crippen molar-refractivity contribution in [2.45, 2.75) is 19.6 Å². The number of alkyl halides is 3. The number of benzene rings is 2. The van der Waals surface area contributed by atoms with Crippen LogP contribution in [0.1, 0.15) is 27.0 Å². The van der Waals surface area contributed by atoms with E-state index in [1.807, 2.05) is 0 Å². The molecule has 0 unspecified atom stereocenters. The number of carbonyl (C=O) groups is 2. The first-order valence-corrected chi connectivity index (χ1v) is 7.93. The fourth-order valence-corrected chi connectivity index (χ4v) is 2.49. The van der Waals surface area contributed by atoms with Gasteiger partial charge >= 0.3 is 6.18 Å². The van der Waals surface area contributed by atoms with Crippen LogP contribution in [0.15, 0.2) is 48.5 Å². The number of carbonyl (C=O) groups excluding carboxylic acids is 2. The van der Waals surface area contributed by atoms with Crippen molar-refractivity contribution in [3.05, 3.63) is 70.8 Å². The van der Waals surface area contributed by atoms with E-state index in [1.54, 1.807) is 31.2 Å². The monoisotopic (exact) mass is 364 g/mol. The third-order valence-corrected chi connectivity index (χ3v) is 3.95. The summed E-state index contributed by atoms with van der Waals surface area (Å²) in [7, 11) is 1.40. The number of likely N-dealkylation sites (N-methyl/N-ethyl adjacent to an activating group) is 1. The van der Waals surface area contributed by atoms with E-state index in [-0.39, 0.29) is 18.7 Å². The van der Waals surface area contributed by atoms with E-state index in [2.05, 4.69) is 5.32 Å². The molecule has 0 aromatic heterocycles. The zero-order valence-electron chi connectivity index (χ0n) is 14.4. The molecule has 1 N–H and O–H groups in total. The van der Waals surface area contributed by atoms with E-state index in [0.29, 0.717) is 5.56 Å². The van der Waals surface area contributed by atoms with Crippen LogP contribution in [0, 0.1) is 6.92 Å². The van der Waals surface area contributed by atoms with Gasteiger partial charge in [-0.3, -0.25) is 9.59 Å². The Labute approximate surface area is 149 Å². The van der Waals surface area contributed by atoms with Crippen molar-refractivity contribution in [3.8, 4) is 0 Å². The first-order chi connectivity index (χ1) is 12.2. The Balaban J connectivity index is 1.99. The minimum absolute atomic E-state index is 0.00100. The van der Waals surface area contributed by atoms with E-state index in [1.165, 1.54) is 25.2 Å². The first kappa shape index (κ1) is 19.5. The second kappa shape index (κ2) is 8.03. The summed E-state index contributed by atoms with van der Waals surface area (Å²) in [4.78, 5) is 25.4. The lowest BCUT2D eigenvalue weighted by Gasteiger charge is -2.20. The van der Waals surface area contributed by atoms with Crippen molar-refractivity contribution in [2.24, 2.45) is 0 Å². The Kier molecular flexibility index (Phi) is 6.02. The number of nitrogens with one attached hydrogen (secondary N) is 1. The van der Waals surface area contributed by atoms with Crippen LogP contribution >= 0.6 is 0 Å².